The molecule has 1 aliphatic carbocycles. The summed E-state index contributed by atoms with van der Waals surface area (Å²) in [6, 6.07) is 3.60. The fourth-order valence-corrected chi connectivity index (χ4v) is 2.11. The Balaban J connectivity index is 1.78. The van der Waals surface area contributed by atoms with E-state index >= 15 is 0 Å². The fraction of sp³-hybridized carbons (Fsp3) is 0.417. The number of carbonyl (C=O) groups is 1. The van der Waals surface area contributed by atoms with Crippen LogP contribution < -0.4 is 5.32 Å². The number of hydrogen-bond donors (Lipinski definition) is 2. The average Bonchev–Trinajstić information content (AvgIpc) is 3.07. The molecule has 0 bridgehead atoms. The second-order valence-electron chi connectivity index (χ2n) is 4.63. The zero-order valence-electron chi connectivity index (χ0n) is 9.78. The molecule has 0 aromatic carbocycles. The summed E-state index contributed by atoms with van der Waals surface area (Å²) >= 11 is 0. The fourth-order valence-electron chi connectivity index (χ4n) is 2.11. The van der Waals surface area contributed by atoms with Crippen molar-refractivity contribution < 1.29 is 9.90 Å². The minimum atomic E-state index is -0.773. The van der Waals surface area contributed by atoms with Crippen molar-refractivity contribution in [2.75, 3.05) is 5.32 Å². The van der Waals surface area contributed by atoms with E-state index in [1.807, 2.05) is 18.3 Å². The van der Waals surface area contributed by atoms with Crippen LogP contribution in [0, 0.1) is 5.92 Å². The van der Waals surface area contributed by atoms with Crippen LogP contribution in [0.3, 0.4) is 0 Å². The minimum Gasteiger partial charge on any atom is -0.481 e. The number of aliphatic carboxylic acids is 1. The standard InChI is InChI=1S/C12H14N4O2/c17-12(18)7-9(8-1-2-8)14-10-4-6-16-11(15-10)3-5-13-16/h3-6,8-9H,1-2,7H2,(H,14,15)(H,17,18). The quantitative estimate of drug-likeness (QED) is 0.833. The lowest BCUT2D eigenvalue weighted by Crippen LogP contribution is -2.25. The zero-order chi connectivity index (χ0) is 12.5. The number of hydrogen-bond acceptors (Lipinski definition) is 4. The lowest BCUT2D eigenvalue weighted by atomic mass is 10.1. The molecule has 1 aliphatic rings. The van der Waals surface area contributed by atoms with Crippen molar-refractivity contribution in [3.63, 3.8) is 0 Å². The van der Waals surface area contributed by atoms with Crippen molar-refractivity contribution in [2.24, 2.45) is 5.92 Å². The van der Waals surface area contributed by atoms with Gasteiger partial charge in [0.25, 0.3) is 0 Å². The maximum Gasteiger partial charge on any atom is 0.305 e. The van der Waals surface area contributed by atoms with E-state index in [-0.39, 0.29) is 12.5 Å². The highest BCUT2D eigenvalue weighted by Crippen LogP contribution is 2.35. The van der Waals surface area contributed by atoms with Gasteiger partial charge in [-0.1, -0.05) is 0 Å². The van der Waals surface area contributed by atoms with Crippen LogP contribution >= 0.6 is 0 Å². The maximum atomic E-state index is 10.8. The Kier molecular flexibility index (Phi) is 2.62. The van der Waals surface area contributed by atoms with Crippen LogP contribution in [0.2, 0.25) is 0 Å². The highest BCUT2D eigenvalue weighted by Gasteiger charge is 2.32. The molecule has 2 aromatic heterocycles. The first-order valence-corrected chi connectivity index (χ1v) is 6.01. The predicted molar refractivity (Wildman–Crippen MR) is 65.4 cm³/mol. The number of carboxylic acids is 1. The van der Waals surface area contributed by atoms with Crippen LogP contribution in [-0.2, 0) is 4.79 Å². The summed E-state index contributed by atoms with van der Waals surface area (Å²) in [4.78, 5) is 15.2. The topological polar surface area (TPSA) is 79.5 Å². The largest absolute Gasteiger partial charge is 0.481 e. The lowest BCUT2D eigenvalue weighted by Gasteiger charge is -2.16. The second kappa shape index (κ2) is 4.29. The van der Waals surface area contributed by atoms with E-state index in [4.69, 9.17) is 5.11 Å². The molecule has 0 saturated heterocycles. The molecule has 2 aromatic rings. The molecule has 2 N–H and O–H groups in total. The number of rotatable bonds is 5. The van der Waals surface area contributed by atoms with Gasteiger partial charge in [-0.15, -0.1) is 0 Å². The van der Waals surface area contributed by atoms with Gasteiger partial charge < -0.3 is 10.4 Å². The van der Waals surface area contributed by atoms with Gasteiger partial charge in [0.15, 0.2) is 5.65 Å². The summed E-state index contributed by atoms with van der Waals surface area (Å²) in [6.45, 7) is 0. The molecule has 0 aliphatic heterocycles. The van der Waals surface area contributed by atoms with Gasteiger partial charge in [0.1, 0.15) is 5.82 Å². The Morgan fingerprint density at radius 2 is 2.39 bits per heavy atom. The number of anilines is 1. The van der Waals surface area contributed by atoms with Crippen LogP contribution in [0.15, 0.2) is 24.5 Å². The third-order valence-corrected chi connectivity index (χ3v) is 3.18. The van der Waals surface area contributed by atoms with E-state index < -0.39 is 5.97 Å². The van der Waals surface area contributed by atoms with Gasteiger partial charge in [-0.2, -0.15) is 5.10 Å². The second-order valence-corrected chi connectivity index (χ2v) is 4.63. The van der Waals surface area contributed by atoms with Gasteiger partial charge in [0.2, 0.25) is 0 Å². The van der Waals surface area contributed by atoms with Crippen LogP contribution in [0.25, 0.3) is 5.65 Å². The molecule has 0 spiro atoms. The first kappa shape index (κ1) is 11.0. The van der Waals surface area contributed by atoms with Gasteiger partial charge >= 0.3 is 5.97 Å². The molecule has 2 heterocycles. The zero-order valence-corrected chi connectivity index (χ0v) is 9.78. The summed E-state index contributed by atoms with van der Waals surface area (Å²) < 4.78 is 1.68. The van der Waals surface area contributed by atoms with Crippen molar-refractivity contribution in [1.29, 1.82) is 0 Å². The summed E-state index contributed by atoms with van der Waals surface area (Å²) in [7, 11) is 0. The van der Waals surface area contributed by atoms with Gasteiger partial charge in [0, 0.05) is 18.3 Å². The number of carboxylic acid groups (broad SMARTS) is 1. The Labute approximate surface area is 104 Å². The van der Waals surface area contributed by atoms with Crippen molar-refractivity contribution >= 4 is 17.4 Å². The molecule has 94 valence electrons. The highest BCUT2D eigenvalue weighted by molar-refractivity contribution is 5.68. The highest BCUT2D eigenvalue weighted by atomic mass is 16.4. The smallest absolute Gasteiger partial charge is 0.305 e. The molecule has 6 heteroatoms. The molecule has 18 heavy (non-hydrogen) atoms. The molecule has 0 radical (unpaired) electrons. The summed E-state index contributed by atoms with van der Waals surface area (Å²) in [5.74, 6) is 0.398. The lowest BCUT2D eigenvalue weighted by molar-refractivity contribution is -0.137. The number of aromatic nitrogens is 3. The molecule has 1 atom stereocenters. The van der Waals surface area contributed by atoms with Gasteiger partial charge in [-0.05, 0) is 24.8 Å². The van der Waals surface area contributed by atoms with Crippen molar-refractivity contribution in [3.05, 3.63) is 24.5 Å². The van der Waals surface area contributed by atoms with Crippen molar-refractivity contribution in [1.82, 2.24) is 14.6 Å². The predicted octanol–water partition coefficient (Wildman–Crippen LogP) is 1.39. The molecule has 0 amide bonds. The van der Waals surface area contributed by atoms with E-state index in [0.29, 0.717) is 11.7 Å². The van der Waals surface area contributed by atoms with Gasteiger partial charge in [-0.25, -0.2) is 9.50 Å². The minimum absolute atomic E-state index is 0.0274. The Morgan fingerprint density at radius 1 is 1.56 bits per heavy atom. The van der Waals surface area contributed by atoms with Crippen molar-refractivity contribution in [2.45, 2.75) is 25.3 Å². The molecule has 1 fully saturated rings. The van der Waals surface area contributed by atoms with Crippen LogP contribution in [-0.4, -0.2) is 31.7 Å². The molecule has 6 nitrogen and oxygen atoms in total. The molecular formula is C12H14N4O2. The van der Waals surface area contributed by atoms with E-state index in [2.05, 4.69) is 15.4 Å². The molecular weight excluding hydrogens is 232 g/mol. The van der Waals surface area contributed by atoms with Crippen LogP contribution in [0.5, 0.6) is 0 Å². The Hall–Kier alpha value is -2.11. The normalized spacial score (nSPS) is 16.7. The molecule has 3 rings (SSSR count). The summed E-state index contributed by atoms with van der Waals surface area (Å²) in [5, 5.41) is 16.2. The van der Waals surface area contributed by atoms with Crippen molar-refractivity contribution in [3.8, 4) is 0 Å². The Bertz CT molecular complexity index is 576. The summed E-state index contributed by atoms with van der Waals surface area (Å²) in [6.07, 6.45) is 5.83. The maximum absolute atomic E-state index is 10.8. The van der Waals surface area contributed by atoms with Gasteiger partial charge in [-0.3, -0.25) is 4.79 Å². The van der Waals surface area contributed by atoms with Gasteiger partial charge in [0.05, 0.1) is 12.6 Å². The SMILES string of the molecule is O=C(O)CC(Nc1ccn2nccc2n1)C1CC1. The van der Waals surface area contributed by atoms with Crippen LogP contribution in [0.4, 0.5) is 5.82 Å². The average molecular weight is 246 g/mol. The monoisotopic (exact) mass is 246 g/mol. The number of fused-ring (bicyclic) bond motifs is 1. The number of nitrogens with zero attached hydrogens (tertiary/aromatic N) is 3. The van der Waals surface area contributed by atoms with Crippen LogP contribution in [0.1, 0.15) is 19.3 Å². The summed E-state index contributed by atoms with van der Waals surface area (Å²) in [5.41, 5.74) is 0.755. The third kappa shape index (κ3) is 2.27. The third-order valence-electron chi connectivity index (χ3n) is 3.18. The first-order chi connectivity index (χ1) is 8.72. The van der Waals surface area contributed by atoms with E-state index in [9.17, 15) is 4.79 Å². The first-order valence-electron chi connectivity index (χ1n) is 6.01. The van der Waals surface area contributed by atoms with E-state index in [0.717, 1.165) is 18.5 Å². The number of nitrogens with one attached hydrogen (secondary N) is 1. The Morgan fingerprint density at radius 3 is 3.11 bits per heavy atom. The van der Waals surface area contributed by atoms with E-state index in [1.54, 1.807) is 10.7 Å². The van der Waals surface area contributed by atoms with E-state index in [1.165, 1.54) is 0 Å². The molecule has 1 saturated carbocycles. The molecule has 1 unspecified atom stereocenters.